The predicted molar refractivity (Wildman–Crippen MR) is 72.4 cm³/mol. The molecule has 0 aliphatic rings. The second-order valence-corrected chi connectivity index (χ2v) is 5.73. The van der Waals surface area contributed by atoms with Crippen molar-refractivity contribution in [3.05, 3.63) is 63.7 Å². The van der Waals surface area contributed by atoms with Crippen LogP contribution < -0.4 is 4.18 Å². The largest absolute Gasteiger partial charge is 0.379 e. The molecule has 0 saturated carbocycles. The fourth-order valence-electron chi connectivity index (χ4n) is 1.40. The van der Waals surface area contributed by atoms with E-state index in [-0.39, 0.29) is 16.3 Å². The van der Waals surface area contributed by atoms with E-state index in [9.17, 15) is 18.5 Å². The molecule has 0 N–H and O–H groups in total. The first-order valence-corrected chi connectivity index (χ1v) is 7.11. The summed E-state index contributed by atoms with van der Waals surface area (Å²) in [5.41, 5.74) is -0.152. The normalized spacial score (nSPS) is 11.1. The van der Waals surface area contributed by atoms with Crippen molar-refractivity contribution < 1.29 is 17.5 Å². The fraction of sp³-hybridized carbons (Fsp3) is 0. The molecule has 2 aromatic carbocycles. The molecule has 0 radical (unpaired) electrons. The van der Waals surface area contributed by atoms with Crippen molar-refractivity contribution in [1.82, 2.24) is 0 Å². The molecule has 2 aromatic rings. The number of nitro groups is 1. The maximum absolute atomic E-state index is 11.9. The summed E-state index contributed by atoms with van der Waals surface area (Å²) in [6, 6.07) is 10.2. The van der Waals surface area contributed by atoms with Gasteiger partial charge in [0.25, 0.3) is 5.69 Å². The molecular weight excluding hydrogens is 306 g/mol. The van der Waals surface area contributed by atoms with Crippen molar-refractivity contribution >= 4 is 27.4 Å². The van der Waals surface area contributed by atoms with Crippen LogP contribution in [-0.2, 0) is 10.1 Å². The average Bonchev–Trinajstić information content (AvgIpc) is 2.39. The first-order valence-electron chi connectivity index (χ1n) is 5.33. The lowest BCUT2D eigenvalue weighted by atomic mass is 10.3. The third kappa shape index (κ3) is 3.25. The van der Waals surface area contributed by atoms with Crippen LogP contribution in [0.25, 0.3) is 0 Å². The smallest absolute Gasteiger partial charge is 0.339 e. The zero-order valence-electron chi connectivity index (χ0n) is 9.89. The van der Waals surface area contributed by atoms with Crippen LogP contribution in [0.3, 0.4) is 0 Å². The van der Waals surface area contributed by atoms with Gasteiger partial charge >= 0.3 is 10.1 Å². The predicted octanol–water partition coefficient (Wildman–Crippen LogP) is 3.02. The Hall–Kier alpha value is -2.12. The molecule has 0 heterocycles. The maximum atomic E-state index is 11.9. The molecule has 0 amide bonds. The fourth-order valence-corrected chi connectivity index (χ4v) is 2.46. The summed E-state index contributed by atoms with van der Waals surface area (Å²) in [6.07, 6.45) is 0. The number of rotatable bonds is 4. The van der Waals surface area contributed by atoms with Gasteiger partial charge in [-0.25, -0.2) is 0 Å². The van der Waals surface area contributed by atoms with Gasteiger partial charge < -0.3 is 4.18 Å². The Kier molecular flexibility index (Phi) is 3.91. The van der Waals surface area contributed by atoms with Crippen molar-refractivity contribution in [2.24, 2.45) is 0 Å². The van der Waals surface area contributed by atoms with Gasteiger partial charge in [-0.1, -0.05) is 11.6 Å². The first kappa shape index (κ1) is 14.3. The second-order valence-electron chi connectivity index (χ2n) is 3.74. The van der Waals surface area contributed by atoms with Crippen LogP contribution in [-0.4, -0.2) is 13.3 Å². The lowest BCUT2D eigenvalue weighted by Gasteiger charge is -2.06. The SMILES string of the molecule is O=[N+]([O-])c1ccc(OS(=O)(=O)c2ccc(Cl)cc2)cc1. The van der Waals surface area contributed by atoms with Crippen molar-refractivity contribution in [3.8, 4) is 5.75 Å². The molecule has 0 aliphatic heterocycles. The number of hydrogen-bond acceptors (Lipinski definition) is 5. The number of benzene rings is 2. The van der Waals surface area contributed by atoms with Crippen LogP contribution in [0, 0.1) is 10.1 Å². The summed E-state index contributed by atoms with van der Waals surface area (Å²) in [7, 11) is -3.99. The maximum Gasteiger partial charge on any atom is 0.339 e. The van der Waals surface area contributed by atoms with E-state index in [1.807, 2.05) is 0 Å². The first-order chi connectivity index (χ1) is 9.38. The second kappa shape index (κ2) is 5.48. The minimum Gasteiger partial charge on any atom is -0.379 e. The number of non-ortho nitro benzene ring substituents is 1. The lowest BCUT2D eigenvalue weighted by molar-refractivity contribution is -0.384. The Morgan fingerprint density at radius 3 is 2.05 bits per heavy atom. The van der Waals surface area contributed by atoms with Crippen LogP contribution in [0.15, 0.2) is 53.4 Å². The van der Waals surface area contributed by atoms with Gasteiger partial charge in [-0.2, -0.15) is 8.42 Å². The van der Waals surface area contributed by atoms with Gasteiger partial charge in [-0.05, 0) is 36.4 Å². The van der Waals surface area contributed by atoms with Crippen LogP contribution >= 0.6 is 11.6 Å². The van der Waals surface area contributed by atoms with E-state index >= 15 is 0 Å². The summed E-state index contributed by atoms with van der Waals surface area (Å²) < 4.78 is 28.7. The molecule has 0 aromatic heterocycles. The van der Waals surface area contributed by atoms with E-state index in [1.165, 1.54) is 36.4 Å². The van der Waals surface area contributed by atoms with E-state index < -0.39 is 15.0 Å². The Balaban J connectivity index is 2.24. The van der Waals surface area contributed by atoms with E-state index in [2.05, 4.69) is 0 Å². The molecule has 0 unspecified atom stereocenters. The molecule has 0 fully saturated rings. The monoisotopic (exact) mass is 313 g/mol. The third-order valence-corrected chi connectivity index (χ3v) is 3.87. The molecule has 0 spiro atoms. The quantitative estimate of drug-likeness (QED) is 0.492. The summed E-state index contributed by atoms with van der Waals surface area (Å²) in [6.45, 7) is 0. The van der Waals surface area contributed by atoms with Crippen molar-refractivity contribution in [2.45, 2.75) is 4.90 Å². The Bertz CT molecular complexity index is 725. The lowest BCUT2D eigenvalue weighted by Crippen LogP contribution is -2.09. The van der Waals surface area contributed by atoms with E-state index in [4.69, 9.17) is 15.8 Å². The molecule has 0 atom stereocenters. The Morgan fingerprint density at radius 1 is 1.00 bits per heavy atom. The minimum atomic E-state index is -3.99. The standard InChI is InChI=1S/C12H8ClNO5S/c13-9-1-7-12(8-2-9)20(17,18)19-11-5-3-10(4-6-11)14(15)16/h1-8H. The Morgan fingerprint density at radius 2 is 1.55 bits per heavy atom. The van der Waals surface area contributed by atoms with Gasteiger partial charge in [0.15, 0.2) is 0 Å². The minimum absolute atomic E-state index is 0.00875. The number of hydrogen-bond donors (Lipinski definition) is 0. The van der Waals surface area contributed by atoms with Crippen LogP contribution in [0.5, 0.6) is 5.75 Å². The average molecular weight is 314 g/mol. The molecule has 2 rings (SSSR count). The molecular formula is C12H8ClNO5S. The summed E-state index contributed by atoms with van der Waals surface area (Å²) >= 11 is 5.67. The van der Waals surface area contributed by atoms with Gasteiger partial charge in [0.05, 0.1) is 4.92 Å². The highest BCUT2D eigenvalue weighted by molar-refractivity contribution is 7.87. The summed E-state index contributed by atoms with van der Waals surface area (Å²) in [5.74, 6) is -0.00875. The van der Waals surface area contributed by atoms with Gasteiger partial charge in [-0.3, -0.25) is 10.1 Å². The van der Waals surface area contributed by atoms with Crippen LogP contribution in [0.1, 0.15) is 0 Å². The van der Waals surface area contributed by atoms with Crippen molar-refractivity contribution in [1.29, 1.82) is 0 Å². The van der Waals surface area contributed by atoms with Crippen molar-refractivity contribution in [3.63, 3.8) is 0 Å². The molecule has 20 heavy (non-hydrogen) atoms. The van der Waals surface area contributed by atoms with Gasteiger partial charge in [0.1, 0.15) is 10.6 Å². The highest BCUT2D eigenvalue weighted by Gasteiger charge is 2.17. The molecule has 6 nitrogen and oxygen atoms in total. The summed E-state index contributed by atoms with van der Waals surface area (Å²) in [4.78, 5) is 9.84. The zero-order chi connectivity index (χ0) is 14.8. The van der Waals surface area contributed by atoms with Gasteiger partial charge in [0.2, 0.25) is 0 Å². The zero-order valence-corrected chi connectivity index (χ0v) is 11.5. The van der Waals surface area contributed by atoms with E-state index in [0.29, 0.717) is 5.02 Å². The van der Waals surface area contributed by atoms with E-state index in [0.717, 1.165) is 12.1 Å². The highest BCUT2D eigenvalue weighted by Crippen LogP contribution is 2.22. The summed E-state index contributed by atoms with van der Waals surface area (Å²) in [5, 5.41) is 10.9. The van der Waals surface area contributed by atoms with Crippen LogP contribution in [0.4, 0.5) is 5.69 Å². The molecule has 0 aliphatic carbocycles. The van der Waals surface area contributed by atoms with E-state index in [1.54, 1.807) is 0 Å². The number of halogens is 1. The molecule has 0 bridgehead atoms. The van der Waals surface area contributed by atoms with Crippen molar-refractivity contribution in [2.75, 3.05) is 0 Å². The molecule has 0 saturated heterocycles. The number of nitro benzene ring substituents is 1. The highest BCUT2D eigenvalue weighted by atomic mass is 35.5. The third-order valence-electron chi connectivity index (χ3n) is 2.36. The van der Waals surface area contributed by atoms with Gasteiger partial charge in [0, 0.05) is 17.2 Å². The molecule has 8 heteroatoms. The van der Waals surface area contributed by atoms with Crippen LogP contribution in [0.2, 0.25) is 5.02 Å². The topological polar surface area (TPSA) is 86.5 Å². The molecule has 104 valence electrons. The Labute approximate surface area is 119 Å². The van der Waals surface area contributed by atoms with Gasteiger partial charge in [-0.15, -0.1) is 0 Å². The number of nitrogens with zero attached hydrogens (tertiary/aromatic N) is 1.